The lowest BCUT2D eigenvalue weighted by Crippen LogP contribution is -1.98. The molecule has 4 heteroatoms. The van der Waals surface area contributed by atoms with Crippen LogP contribution in [-0.4, -0.2) is 13.1 Å². The van der Waals surface area contributed by atoms with Gasteiger partial charge < -0.3 is 9.15 Å². The number of rotatable bonds is 2. The maximum atomic E-state index is 10.8. The van der Waals surface area contributed by atoms with E-state index in [4.69, 9.17) is 9.68 Å². The largest absolute Gasteiger partial charge is 0.463 e. The van der Waals surface area contributed by atoms with E-state index < -0.39 is 5.97 Å². The van der Waals surface area contributed by atoms with Gasteiger partial charge in [0.15, 0.2) is 0 Å². The maximum absolute atomic E-state index is 10.8. The molecule has 1 aromatic heterocycles. The summed E-state index contributed by atoms with van der Waals surface area (Å²) >= 11 is 0. The minimum absolute atomic E-state index is 0.128. The summed E-state index contributed by atoms with van der Waals surface area (Å²) in [5.74, 6) is 0.0693. The Morgan fingerprint density at radius 1 is 1.75 bits per heavy atom. The average Bonchev–Trinajstić information content (AvgIpc) is 2.52. The van der Waals surface area contributed by atoms with Gasteiger partial charge in [0, 0.05) is 0 Å². The van der Waals surface area contributed by atoms with Gasteiger partial charge in [0.2, 0.25) is 5.76 Å². The van der Waals surface area contributed by atoms with Gasteiger partial charge in [-0.3, -0.25) is 0 Å². The van der Waals surface area contributed by atoms with Gasteiger partial charge in [-0.25, -0.2) is 4.79 Å². The fourth-order valence-electron chi connectivity index (χ4n) is 0.761. The van der Waals surface area contributed by atoms with Crippen molar-refractivity contribution in [2.45, 2.75) is 6.42 Å². The third-order valence-corrected chi connectivity index (χ3v) is 1.30. The molecule has 0 aliphatic heterocycles. The van der Waals surface area contributed by atoms with Crippen LogP contribution in [-0.2, 0) is 11.2 Å². The van der Waals surface area contributed by atoms with Crippen molar-refractivity contribution in [1.29, 1.82) is 5.26 Å². The molecule has 0 radical (unpaired) electrons. The molecule has 0 bridgehead atoms. The summed E-state index contributed by atoms with van der Waals surface area (Å²) in [4.78, 5) is 10.8. The number of nitriles is 1. The van der Waals surface area contributed by atoms with Gasteiger partial charge in [0.1, 0.15) is 5.76 Å². The molecule has 0 spiro atoms. The molecule has 0 N–H and O–H groups in total. The summed E-state index contributed by atoms with van der Waals surface area (Å²) in [6.07, 6.45) is 0.164. The van der Waals surface area contributed by atoms with Crippen LogP contribution in [0.15, 0.2) is 16.5 Å². The highest BCUT2D eigenvalue weighted by molar-refractivity contribution is 5.86. The second-order valence-corrected chi connectivity index (χ2v) is 2.09. The van der Waals surface area contributed by atoms with E-state index in [-0.39, 0.29) is 12.2 Å². The zero-order valence-corrected chi connectivity index (χ0v) is 6.53. The first-order chi connectivity index (χ1) is 5.77. The highest BCUT2D eigenvalue weighted by Crippen LogP contribution is 2.08. The van der Waals surface area contributed by atoms with Crippen molar-refractivity contribution in [3.05, 3.63) is 23.7 Å². The molecule has 1 heterocycles. The molecular formula is C8H7NO3. The molecule has 0 aromatic carbocycles. The molecule has 0 unspecified atom stereocenters. The number of ether oxygens (including phenoxy) is 1. The Bertz CT molecular complexity index is 321. The van der Waals surface area contributed by atoms with Crippen LogP contribution in [0.5, 0.6) is 0 Å². The van der Waals surface area contributed by atoms with Crippen molar-refractivity contribution in [1.82, 2.24) is 0 Å². The molecule has 1 aromatic rings. The number of furan rings is 1. The molecule has 0 saturated carbocycles. The van der Waals surface area contributed by atoms with Crippen molar-refractivity contribution < 1.29 is 13.9 Å². The lowest BCUT2D eigenvalue weighted by Gasteiger charge is -1.91. The number of carbonyl (C=O) groups is 1. The van der Waals surface area contributed by atoms with Crippen LogP contribution in [0.3, 0.4) is 0 Å². The summed E-state index contributed by atoms with van der Waals surface area (Å²) in [5.41, 5.74) is 0. The molecule has 0 amide bonds. The van der Waals surface area contributed by atoms with Crippen LogP contribution in [0.4, 0.5) is 0 Å². The number of esters is 1. The Hall–Kier alpha value is -1.76. The second kappa shape index (κ2) is 3.58. The minimum atomic E-state index is -0.529. The fraction of sp³-hybridized carbons (Fsp3) is 0.250. The molecule has 0 aliphatic rings. The topological polar surface area (TPSA) is 63.2 Å². The smallest absolute Gasteiger partial charge is 0.373 e. The number of methoxy groups -OCH3 is 1. The quantitative estimate of drug-likeness (QED) is 0.616. The lowest BCUT2D eigenvalue weighted by molar-refractivity contribution is 0.0563. The summed E-state index contributed by atoms with van der Waals surface area (Å²) in [6.45, 7) is 0. The van der Waals surface area contributed by atoms with E-state index in [1.165, 1.54) is 13.2 Å². The van der Waals surface area contributed by atoms with Gasteiger partial charge in [-0.2, -0.15) is 5.26 Å². The Morgan fingerprint density at radius 3 is 3.08 bits per heavy atom. The van der Waals surface area contributed by atoms with Crippen LogP contribution in [0, 0.1) is 11.3 Å². The van der Waals surface area contributed by atoms with E-state index in [9.17, 15) is 4.79 Å². The molecule has 0 aliphatic carbocycles. The summed E-state index contributed by atoms with van der Waals surface area (Å²) in [5, 5.41) is 8.30. The second-order valence-electron chi connectivity index (χ2n) is 2.09. The van der Waals surface area contributed by atoms with E-state index in [2.05, 4.69) is 4.74 Å². The van der Waals surface area contributed by atoms with Crippen LogP contribution in [0.2, 0.25) is 0 Å². The zero-order chi connectivity index (χ0) is 8.97. The molecule has 1 rings (SSSR count). The molecular weight excluding hydrogens is 158 g/mol. The summed E-state index contributed by atoms with van der Waals surface area (Å²) in [7, 11) is 1.27. The van der Waals surface area contributed by atoms with Crippen LogP contribution in [0.1, 0.15) is 16.3 Å². The summed E-state index contributed by atoms with van der Waals surface area (Å²) < 4.78 is 9.39. The molecule has 12 heavy (non-hydrogen) atoms. The Kier molecular flexibility index (Phi) is 2.49. The molecule has 4 nitrogen and oxygen atoms in total. The predicted octanol–water partition coefficient (Wildman–Crippen LogP) is 1.13. The van der Waals surface area contributed by atoms with E-state index in [1.54, 1.807) is 6.07 Å². The first-order valence-corrected chi connectivity index (χ1v) is 3.32. The monoisotopic (exact) mass is 165 g/mol. The van der Waals surface area contributed by atoms with Crippen LogP contribution in [0.25, 0.3) is 0 Å². The molecule has 62 valence electrons. The lowest BCUT2D eigenvalue weighted by atomic mass is 10.3. The van der Waals surface area contributed by atoms with E-state index in [0.717, 1.165) is 0 Å². The van der Waals surface area contributed by atoms with Gasteiger partial charge in [0.05, 0.1) is 19.6 Å². The predicted molar refractivity (Wildman–Crippen MR) is 39.4 cm³/mol. The van der Waals surface area contributed by atoms with Crippen molar-refractivity contribution in [3.63, 3.8) is 0 Å². The van der Waals surface area contributed by atoms with E-state index in [0.29, 0.717) is 5.76 Å². The first-order valence-electron chi connectivity index (χ1n) is 3.32. The number of hydrogen-bond donors (Lipinski definition) is 0. The molecule has 0 atom stereocenters. The zero-order valence-electron chi connectivity index (χ0n) is 6.53. The standard InChI is InChI=1S/C8H7NO3/c1-11-8(10)7-3-2-6(12-7)4-5-9/h2-3H,4H2,1H3. The Balaban J connectivity index is 2.78. The third-order valence-electron chi connectivity index (χ3n) is 1.30. The van der Waals surface area contributed by atoms with Gasteiger partial charge in [0.25, 0.3) is 0 Å². The number of hydrogen-bond acceptors (Lipinski definition) is 4. The van der Waals surface area contributed by atoms with Crippen molar-refractivity contribution in [2.24, 2.45) is 0 Å². The Labute approximate surface area is 69.4 Å². The van der Waals surface area contributed by atoms with Crippen molar-refractivity contribution >= 4 is 5.97 Å². The fourth-order valence-corrected chi connectivity index (χ4v) is 0.761. The number of nitrogens with zero attached hydrogens (tertiary/aromatic N) is 1. The highest BCUT2D eigenvalue weighted by Gasteiger charge is 2.09. The van der Waals surface area contributed by atoms with Crippen molar-refractivity contribution in [2.75, 3.05) is 7.11 Å². The normalized spacial score (nSPS) is 9.00. The molecule has 0 fully saturated rings. The number of carbonyl (C=O) groups excluding carboxylic acids is 1. The highest BCUT2D eigenvalue weighted by atomic mass is 16.5. The van der Waals surface area contributed by atoms with Crippen LogP contribution < -0.4 is 0 Å². The van der Waals surface area contributed by atoms with E-state index in [1.807, 2.05) is 6.07 Å². The van der Waals surface area contributed by atoms with Gasteiger partial charge >= 0.3 is 5.97 Å². The van der Waals surface area contributed by atoms with Crippen molar-refractivity contribution in [3.8, 4) is 6.07 Å². The van der Waals surface area contributed by atoms with Gasteiger partial charge in [-0.15, -0.1) is 0 Å². The SMILES string of the molecule is COC(=O)c1ccc(CC#N)o1. The average molecular weight is 165 g/mol. The van der Waals surface area contributed by atoms with Crippen LogP contribution >= 0.6 is 0 Å². The summed E-state index contributed by atoms with van der Waals surface area (Å²) in [6, 6.07) is 4.97. The van der Waals surface area contributed by atoms with Gasteiger partial charge in [-0.05, 0) is 12.1 Å². The first kappa shape index (κ1) is 8.34. The molecule has 0 saturated heterocycles. The third kappa shape index (κ3) is 1.64. The Morgan fingerprint density at radius 2 is 2.50 bits per heavy atom. The minimum Gasteiger partial charge on any atom is -0.463 e. The maximum Gasteiger partial charge on any atom is 0.373 e. The van der Waals surface area contributed by atoms with Gasteiger partial charge in [-0.1, -0.05) is 0 Å². The van der Waals surface area contributed by atoms with E-state index >= 15 is 0 Å².